The maximum atomic E-state index is 11.8. The van der Waals surface area contributed by atoms with Crippen molar-refractivity contribution in [3.05, 3.63) is 38.8 Å². The number of carbonyl (C=O) groups is 1. The highest BCUT2D eigenvalue weighted by Crippen LogP contribution is 2.28. The third-order valence-electron chi connectivity index (χ3n) is 4.40. The average Bonchev–Trinajstić information content (AvgIpc) is 2.96. The minimum absolute atomic E-state index is 0.0729. The number of thiazole rings is 1. The molecule has 1 aliphatic heterocycles. The smallest absolute Gasteiger partial charge is 0.306 e. The first kappa shape index (κ1) is 16.7. The van der Waals surface area contributed by atoms with Crippen molar-refractivity contribution >= 4 is 17.3 Å². The quantitative estimate of drug-likeness (QED) is 0.867. The average molecular weight is 348 g/mol. The molecule has 2 N–H and O–H groups in total. The fourth-order valence-electron chi connectivity index (χ4n) is 3.00. The fraction of sp³-hybridized carbons (Fsp3) is 0.412. The number of hydrogen-bond acceptors (Lipinski definition) is 5. The number of benzene rings is 1. The van der Waals surface area contributed by atoms with E-state index in [1.54, 1.807) is 7.11 Å². The number of carboxylic acid groups (broad SMARTS) is 1. The second-order valence-corrected chi connectivity index (χ2v) is 7.00. The zero-order chi connectivity index (χ0) is 17.1. The van der Waals surface area contributed by atoms with Crippen LogP contribution in [0.15, 0.2) is 29.1 Å². The van der Waals surface area contributed by atoms with Crippen LogP contribution >= 0.6 is 11.3 Å². The van der Waals surface area contributed by atoms with Crippen LogP contribution in [0.25, 0.3) is 11.3 Å². The Morgan fingerprint density at radius 2 is 2.00 bits per heavy atom. The summed E-state index contributed by atoms with van der Waals surface area (Å²) < 4.78 is 5.17. The van der Waals surface area contributed by atoms with Gasteiger partial charge in [0, 0.05) is 11.4 Å². The molecule has 0 amide bonds. The molecule has 1 aromatic heterocycles. The number of aromatic nitrogens is 1. The van der Waals surface area contributed by atoms with Gasteiger partial charge in [-0.1, -0.05) is 11.3 Å². The van der Waals surface area contributed by atoms with E-state index < -0.39 is 5.97 Å². The van der Waals surface area contributed by atoms with Crippen molar-refractivity contribution in [1.82, 2.24) is 9.88 Å². The van der Waals surface area contributed by atoms with Crippen LogP contribution in [0.3, 0.4) is 0 Å². The number of carboxylic acids is 1. The lowest BCUT2D eigenvalue weighted by atomic mass is 9.97. The molecule has 1 aliphatic rings. The summed E-state index contributed by atoms with van der Waals surface area (Å²) in [7, 11) is 1.62. The zero-order valence-electron chi connectivity index (χ0n) is 13.4. The van der Waals surface area contributed by atoms with Crippen molar-refractivity contribution in [3.63, 3.8) is 0 Å². The van der Waals surface area contributed by atoms with E-state index in [4.69, 9.17) is 9.84 Å². The van der Waals surface area contributed by atoms with Crippen LogP contribution < -0.4 is 9.61 Å². The van der Waals surface area contributed by atoms with Gasteiger partial charge in [-0.25, -0.2) is 0 Å². The van der Waals surface area contributed by atoms with Crippen molar-refractivity contribution in [1.29, 1.82) is 0 Å². The molecule has 6 nitrogen and oxygen atoms in total. The lowest BCUT2D eigenvalue weighted by Crippen LogP contribution is -2.35. The van der Waals surface area contributed by atoms with Crippen LogP contribution in [-0.4, -0.2) is 41.2 Å². The number of nitrogens with zero attached hydrogens (tertiary/aromatic N) is 1. The van der Waals surface area contributed by atoms with Crippen molar-refractivity contribution in [2.45, 2.75) is 19.4 Å². The van der Waals surface area contributed by atoms with E-state index in [-0.39, 0.29) is 10.8 Å². The maximum absolute atomic E-state index is 11.8. The second kappa shape index (κ2) is 7.19. The largest absolute Gasteiger partial charge is 0.497 e. The van der Waals surface area contributed by atoms with Crippen molar-refractivity contribution in [2.24, 2.45) is 5.92 Å². The van der Waals surface area contributed by atoms with Crippen LogP contribution in [0, 0.1) is 5.92 Å². The molecule has 0 radical (unpaired) electrons. The SMILES string of the molecule is COc1ccc(-c2[nH]c(=O)sc2CN2CCC(C(=O)O)CC2)cc1. The van der Waals surface area contributed by atoms with Gasteiger partial charge in [0.1, 0.15) is 5.75 Å². The lowest BCUT2D eigenvalue weighted by molar-refractivity contribution is -0.143. The van der Waals surface area contributed by atoms with Crippen molar-refractivity contribution in [3.8, 4) is 17.0 Å². The van der Waals surface area contributed by atoms with Gasteiger partial charge >= 0.3 is 10.8 Å². The normalized spacial score (nSPS) is 16.2. The monoisotopic (exact) mass is 348 g/mol. The summed E-state index contributed by atoms with van der Waals surface area (Å²) in [5.74, 6) is -0.180. The van der Waals surface area contributed by atoms with E-state index in [9.17, 15) is 9.59 Å². The van der Waals surface area contributed by atoms with Crippen LogP contribution in [0.1, 0.15) is 17.7 Å². The Balaban J connectivity index is 1.75. The molecule has 0 saturated carbocycles. The third-order valence-corrected chi connectivity index (χ3v) is 5.27. The van der Waals surface area contributed by atoms with E-state index >= 15 is 0 Å². The van der Waals surface area contributed by atoms with Gasteiger partial charge in [-0.15, -0.1) is 0 Å². The van der Waals surface area contributed by atoms with Crippen LogP contribution in [0.5, 0.6) is 5.75 Å². The number of nitrogens with one attached hydrogen (secondary N) is 1. The van der Waals surface area contributed by atoms with Gasteiger partial charge in [0.15, 0.2) is 0 Å². The summed E-state index contributed by atoms with van der Waals surface area (Å²) in [5, 5.41) is 9.08. The minimum atomic E-state index is -0.708. The van der Waals surface area contributed by atoms with Crippen LogP contribution in [-0.2, 0) is 11.3 Å². The first-order valence-electron chi connectivity index (χ1n) is 7.88. The molecule has 0 atom stereocenters. The van der Waals surface area contributed by atoms with Gasteiger partial charge in [0.05, 0.1) is 18.7 Å². The molecule has 1 fully saturated rings. The van der Waals surface area contributed by atoms with E-state index in [0.717, 1.165) is 35.0 Å². The van der Waals surface area contributed by atoms with Gasteiger partial charge in [-0.05, 0) is 55.8 Å². The number of rotatable bonds is 5. The van der Waals surface area contributed by atoms with Crippen LogP contribution in [0.4, 0.5) is 0 Å². The van der Waals surface area contributed by atoms with Crippen molar-refractivity contribution in [2.75, 3.05) is 20.2 Å². The maximum Gasteiger partial charge on any atom is 0.306 e. The van der Waals surface area contributed by atoms with Crippen molar-refractivity contribution < 1.29 is 14.6 Å². The van der Waals surface area contributed by atoms with E-state index in [1.807, 2.05) is 24.3 Å². The molecule has 1 aromatic carbocycles. The number of likely N-dealkylation sites (tertiary alicyclic amines) is 1. The Morgan fingerprint density at radius 1 is 1.33 bits per heavy atom. The number of aromatic amines is 1. The van der Waals surface area contributed by atoms with Gasteiger partial charge < -0.3 is 14.8 Å². The van der Waals surface area contributed by atoms with Gasteiger partial charge in [-0.3, -0.25) is 14.5 Å². The number of ether oxygens (including phenoxy) is 1. The Kier molecular flexibility index (Phi) is 5.01. The number of hydrogen-bond donors (Lipinski definition) is 2. The Labute approximate surface area is 143 Å². The molecule has 0 unspecified atom stereocenters. The molecule has 0 spiro atoms. The third kappa shape index (κ3) is 3.68. The topological polar surface area (TPSA) is 82.6 Å². The zero-order valence-corrected chi connectivity index (χ0v) is 14.3. The Morgan fingerprint density at radius 3 is 2.58 bits per heavy atom. The highest BCUT2D eigenvalue weighted by molar-refractivity contribution is 7.09. The summed E-state index contributed by atoms with van der Waals surface area (Å²) in [4.78, 5) is 28.9. The minimum Gasteiger partial charge on any atom is -0.497 e. The number of H-pyrrole nitrogens is 1. The van der Waals surface area contributed by atoms with Gasteiger partial charge in [0.25, 0.3) is 0 Å². The standard InChI is InChI=1S/C17H20N2O4S/c1-23-13-4-2-11(3-5-13)15-14(24-17(22)18-15)10-19-8-6-12(7-9-19)16(20)21/h2-5,12H,6-10H2,1H3,(H,18,22)(H,20,21). The second-order valence-electron chi connectivity index (χ2n) is 5.93. The first-order chi connectivity index (χ1) is 11.6. The van der Waals surface area contributed by atoms with Gasteiger partial charge in [0.2, 0.25) is 0 Å². The summed E-state index contributed by atoms with van der Waals surface area (Å²) in [5.41, 5.74) is 1.79. The predicted octanol–water partition coefficient (Wildman–Crippen LogP) is 2.41. The molecule has 3 rings (SSSR count). The molecular formula is C17H20N2O4S. The predicted molar refractivity (Wildman–Crippen MR) is 92.6 cm³/mol. The fourth-order valence-corrected chi connectivity index (χ4v) is 3.90. The molecule has 0 aliphatic carbocycles. The number of aliphatic carboxylic acids is 1. The molecule has 0 bridgehead atoms. The highest BCUT2D eigenvalue weighted by atomic mass is 32.1. The lowest BCUT2D eigenvalue weighted by Gasteiger charge is -2.29. The molecule has 128 valence electrons. The number of methoxy groups -OCH3 is 1. The highest BCUT2D eigenvalue weighted by Gasteiger charge is 2.25. The number of piperidine rings is 1. The van der Waals surface area contributed by atoms with Gasteiger partial charge in [-0.2, -0.15) is 0 Å². The summed E-state index contributed by atoms with van der Waals surface area (Å²) in [6.07, 6.45) is 1.32. The van der Waals surface area contributed by atoms with E-state index in [0.29, 0.717) is 19.4 Å². The van der Waals surface area contributed by atoms with E-state index in [2.05, 4.69) is 9.88 Å². The summed E-state index contributed by atoms with van der Waals surface area (Å²) in [6.45, 7) is 2.15. The molecular weight excluding hydrogens is 328 g/mol. The summed E-state index contributed by atoms with van der Waals surface area (Å²) >= 11 is 1.22. The first-order valence-corrected chi connectivity index (χ1v) is 8.70. The molecule has 7 heteroatoms. The summed E-state index contributed by atoms with van der Waals surface area (Å²) in [6, 6.07) is 7.59. The van der Waals surface area contributed by atoms with E-state index in [1.165, 1.54) is 11.3 Å². The Bertz CT molecular complexity index is 758. The molecule has 2 heterocycles. The Hall–Kier alpha value is -2.12. The molecule has 1 saturated heterocycles. The molecule has 2 aromatic rings. The molecule has 24 heavy (non-hydrogen) atoms. The van der Waals surface area contributed by atoms with Crippen LogP contribution in [0.2, 0.25) is 0 Å².